The first-order valence-corrected chi connectivity index (χ1v) is 14.7. The lowest BCUT2D eigenvalue weighted by Crippen LogP contribution is -2.37. The first-order chi connectivity index (χ1) is 21.0. The second kappa shape index (κ2) is 13.6. The molecular weight excluding hydrogens is 651 g/mol. The van der Waals surface area contributed by atoms with Crippen LogP contribution < -0.4 is 0 Å². The van der Waals surface area contributed by atoms with E-state index in [-0.39, 0.29) is 53.5 Å². The third-order valence-electron chi connectivity index (χ3n) is 7.82. The number of amides is 1. The van der Waals surface area contributed by atoms with Gasteiger partial charge in [0.05, 0.1) is 52.5 Å². The number of carbonyl (C=O) groups excluding carboxylic acids is 2. The maximum atomic E-state index is 14.6. The van der Waals surface area contributed by atoms with Crippen LogP contribution in [0, 0.1) is 22.9 Å². The Labute approximate surface area is 264 Å². The molecule has 15 heteroatoms. The van der Waals surface area contributed by atoms with Gasteiger partial charge < -0.3 is 14.7 Å². The molecule has 1 aliphatic carbocycles. The van der Waals surface area contributed by atoms with Crippen molar-refractivity contribution in [3.63, 3.8) is 0 Å². The molecule has 0 bridgehead atoms. The van der Waals surface area contributed by atoms with E-state index in [1.807, 2.05) is 0 Å². The lowest BCUT2D eigenvalue weighted by Gasteiger charge is -2.36. The Kier molecular flexibility index (Phi) is 10.4. The normalized spacial score (nSPS) is 19.3. The number of hydrogen-bond acceptors (Lipinski definition) is 5. The lowest BCUT2D eigenvalue weighted by molar-refractivity contribution is -0.157. The van der Waals surface area contributed by atoms with Crippen LogP contribution in [0.15, 0.2) is 36.5 Å². The highest BCUT2D eigenvalue weighted by Gasteiger charge is 2.45. The molecule has 0 saturated heterocycles. The van der Waals surface area contributed by atoms with Crippen LogP contribution in [0.5, 0.6) is 0 Å². The van der Waals surface area contributed by atoms with E-state index in [0.717, 1.165) is 35.4 Å². The summed E-state index contributed by atoms with van der Waals surface area (Å²) >= 11 is 12.1. The molecule has 1 fully saturated rings. The highest BCUT2D eigenvalue weighted by atomic mass is 35.5. The average molecular weight is 680 g/mol. The van der Waals surface area contributed by atoms with Crippen molar-refractivity contribution in [2.45, 2.75) is 64.4 Å². The summed E-state index contributed by atoms with van der Waals surface area (Å²) in [6.45, 7) is 2.12. The monoisotopic (exact) mass is 679 g/mol. The Bertz CT molecular complexity index is 1530. The lowest BCUT2D eigenvalue weighted by atomic mass is 9.74. The number of ether oxygens (including phenoxy) is 1. The zero-order valence-corrected chi connectivity index (χ0v) is 25.6. The average Bonchev–Trinajstić information content (AvgIpc) is 3.38. The second-order valence-corrected chi connectivity index (χ2v) is 11.9. The van der Waals surface area contributed by atoms with Crippen LogP contribution in [0.2, 0.25) is 10.0 Å². The molecule has 1 heterocycles. The molecule has 1 unspecified atom stereocenters. The number of aromatic nitrogens is 2. The summed E-state index contributed by atoms with van der Waals surface area (Å²) in [5.74, 6) is -4.53. The van der Waals surface area contributed by atoms with E-state index >= 15 is 0 Å². The van der Waals surface area contributed by atoms with Gasteiger partial charge in [0.1, 0.15) is 17.5 Å². The fraction of sp³-hybridized carbons (Fsp3) is 0.433. The van der Waals surface area contributed by atoms with Crippen LogP contribution in [0.1, 0.15) is 78.9 Å². The Morgan fingerprint density at radius 2 is 1.62 bits per heavy atom. The molecule has 244 valence electrons. The molecule has 7 nitrogen and oxygen atoms in total. The van der Waals surface area contributed by atoms with Crippen LogP contribution in [0.25, 0.3) is 0 Å². The van der Waals surface area contributed by atoms with Gasteiger partial charge in [0.2, 0.25) is 0 Å². The van der Waals surface area contributed by atoms with E-state index in [2.05, 4.69) is 5.10 Å². The highest BCUT2D eigenvalue weighted by molar-refractivity contribution is 6.36. The standard InChI is InChI=1S/C30H29Cl2F6N3O4/c1-3-45-28(44)29(2)6-4-20(5-7-29)41-26(30(36,37)38)21(13-39-41)27(43)40(14-16-8-17(33)10-18(34)9-16)15-24(42)25-22(31)11-19(35)12-23(25)32/h8-13,20,24,42H,3-7,14-15H2,1-2H3/t20-,24?,29-. The van der Waals surface area contributed by atoms with Gasteiger partial charge in [0.15, 0.2) is 5.69 Å². The SMILES string of the molecule is CCOC(=O)[C@]1(C)CC[C@@H](n2ncc(C(=O)N(Cc3cc(F)cc(F)c3)CC(O)c3c(Cl)cc(F)cc3Cl)c2C(F)(F)F)CC1. The summed E-state index contributed by atoms with van der Waals surface area (Å²) in [7, 11) is 0. The fourth-order valence-electron chi connectivity index (χ4n) is 5.56. The number of aliphatic hydroxyl groups excluding tert-OH is 1. The molecule has 0 aliphatic heterocycles. The molecule has 1 atom stereocenters. The molecule has 45 heavy (non-hydrogen) atoms. The molecular formula is C30H29Cl2F6N3O4. The van der Waals surface area contributed by atoms with Crippen molar-refractivity contribution in [1.29, 1.82) is 0 Å². The van der Waals surface area contributed by atoms with Gasteiger partial charge in [-0.3, -0.25) is 14.3 Å². The number of carbonyl (C=O) groups is 2. The van der Waals surface area contributed by atoms with Crippen molar-refractivity contribution in [3.05, 3.63) is 86.4 Å². The van der Waals surface area contributed by atoms with Crippen LogP contribution >= 0.6 is 23.2 Å². The first kappa shape index (κ1) is 34.6. The molecule has 1 saturated carbocycles. The maximum absolute atomic E-state index is 14.6. The van der Waals surface area contributed by atoms with Crippen molar-refractivity contribution in [2.75, 3.05) is 13.2 Å². The molecule has 0 radical (unpaired) electrons. The molecule has 1 amide bonds. The third-order valence-corrected chi connectivity index (χ3v) is 8.45. The summed E-state index contributed by atoms with van der Waals surface area (Å²) in [5, 5.41) is 14.3. The number of aliphatic hydroxyl groups is 1. The van der Waals surface area contributed by atoms with Gasteiger partial charge in [-0.25, -0.2) is 13.2 Å². The third kappa shape index (κ3) is 7.75. The van der Waals surface area contributed by atoms with E-state index in [9.17, 15) is 41.0 Å². The predicted octanol–water partition coefficient (Wildman–Crippen LogP) is 7.69. The van der Waals surface area contributed by atoms with E-state index < -0.39 is 77.4 Å². The quantitative estimate of drug-likeness (QED) is 0.185. The van der Waals surface area contributed by atoms with Gasteiger partial charge in [-0.2, -0.15) is 18.3 Å². The Morgan fingerprint density at radius 1 is 1.07 bits per heavy atom. The van der Waals surface area contributed by atoms with E-state index in [1.54, 1.807) is 13.8 Å². The Hall–Kier alpha value is -3.29. The molecule has 0 spiro atoms. The number of alkyl halides is 3. The van der Waals surface area contributed by atoms with Crippen LogP contribution in [0.4, 0.5) is 26.3 Å². The zero-order chi connectivity index (χ0) is 33.3. The van der Waals surface area contributed by atoms with E-state index in [1.165, 1.54) is 0 Å². The van der Waals surface area contributed by atoms with Crippen LogP contribution in [0.3, 0.4) is 0 Å². The Balaban J connectivity index is 1.71. The highest BCUT2D eigenvalue weighted by Crippen LogP contribution is 2.44. The Morgan fingerprint density at radius 3 is 2.16 bits per heavy atom. The summed E-state index contributed by atoms with van der Waals surface area (Å²) in [6, 6.07) is 3.23. The minimum Gasteiger partial charge on any atom is -0.466 e. The molecule has 2 aromatic carbocycles. The van der Waals surface area contributed by atoms with Gasteiger partial charge in [-0.05, 0) is 69.4 Å². The van der Waals surface area contributed by atoms with Crippen molar-refractivity contribution < 1.29 is 45.8 Å². The fourth-order valence-corrected chi connectivity index (χ4v) is 6.27. The minimum atomic E-state index is -5.07. The van der Waals surface area contributed by atoms with E-state index in [4.69, 9.17) is 27.9 Å². The first-order valence-electron chi connectivity index (χ1n) is 13.9. The zero-order valence-electron chi connectivity index (χ0n) is 24.1. The van der Waals surface area contributed by atoms with Crippen molar-refractivity contribution >= 4 is 35.1 Å². The molecule has 1 aliphatic rings. The largest absolute Gasteiger partial charge is 0.466 e. The summed E-state index contributed by atoms with van der Waals surface area (Å²) in [5.41, 5.74) is -3.45. The van der Waals surface area contributed by atoms with Crippen molar-refractivity contribution in [3.8, 4) is 0 Å². The topological polar surface area (TPSA) is 84.7 Å². The van der Waals surface area contributed by atoms with Gasteiger partial charge in [-0.15, -0.1) is 0 Å². The number of halogens is 8. The number of benzene rings is 2. The predicted molar refractivity (Wildman–Crippen MR) is 152 cm³/mol. The summed E-state index contributed by atoms with van der Waals surface area (Å²) in [6.07, 6.45) is -5.34. The molecule has 1 aromatic heterocycles. The smallest absolute Gasteiger partial charge is 0.433 e. The maximum Gasteiger partial charge on any atom is 0.433 e. The molecule has 3 aromatic rings. The number of rotatable bonds is 9. The number of nitrogens with zero attached hydrogens (tertiary/aromatic N) is 3. The van der Waals surface area contributed by atoms with Gasteiger partial charge in [-0.1, -0.05) is 23.2 Å². The minimum absolute atomic E-state index is 0.129. The van der Waals surface area contributed by atoms with Crippen LogP contribution in [-0.4, -0.2) is 44.8 Å². The van der Waals surface area contributed by atoms with Crippen molar-refractivity contribution in [2.24, 2.45) is 5.41 Å². The van der Waals surface area contributed by atoms with Gasteiger partial charge >= 0.3 is 12.1 Å². The molecule has 1 N–H and O–H groups in total. The van der Waals surface area contributed by atoms with Crippen LogP contribution in [-0.2, 0) is 22.3 Å². The summed E-state index contributed by atoms with van der Waals surface area (Å²) < 4.78 is 91.3. The number of esters is 1. The van der Waals surface area contributed by atoms with Gasteiger partial charge in [0.25, 0.3) is 5.91 Å². The van der Waals surface area contributed by atoms with Crippen molar-refractivity contribution in [1.82, 2.24) is 14.7 Å². The number of hydrogen-bond donors (Lipinski definition) is 1. The summed E-state index contributed by atoms with van der Waals surface area (Å²) in [4.78, 5) is 27.0. The van der Waals surface area contributed by atoms with Gasteiger partial charge in [0, 0.05) is 18.2 Å². The van der Waals surface area contributed by atoms with E-state index in [0.29, 0.717) is 10.7 Å². The second-order valence-electron chi connectivity index (χ2n) is 11.1. The molecule has 4 rings (SSSR count).